The second-order valence-corrected chi connectivity index (χ2v) is 5.21. The van der Waals surface area contributed by atoms with Crippen LogP contribution in [0.4, 0.5) is 0 Å². The van der Waals surface area contributed by atoms with Crippen molar-refractivity contribution in [2.75, 3.05) is 0 Å². The first-order valence-electron chi connectivity index (χ1n) is 6.46. The van der Waals surface area contributed by atoms with Crippen molar-refractivity contribution in [2.45, 2.75) is 52.7 Å². The van der Waals surface area contributed by atoms with E-state index in [2.05, 4.69) is 26.8 Å². The third-order valence-corrected chi connectivity index (χ3v) is 3.37. The summed E-state index contributed by atoms with van der Waals surface area (Å²) in [4.78, 5) is 0. The number of benzene rings is 1. The van der Waals surface area contributed by atoms with Gasteiger partial charge in [-0.25, -0.2) is 0 Å². The SMILES string of the molecule is CCC(N)(c1ccccc1OC(C)C)C(C)C. The Hall–Kier alpha value is -1.02. The standard InChI is InChI=1S/C15H25NO/c1-6-15(16,11(2)3)13-9-7-8-10-14(13)17-12(4)5/h7-12H,6,16H2,1-5H3. The molecule has 0 aromatic heterocycles. The molecule has 1 rings (SSSR count). The van der Waals surface area contributed by atoms with Gasteiger partial charge >= 0.3 is 0 Å². The van der Waals surface area contributed by atoms with Crippen LogP contribution in [0.5, 0.6) is 5.75 Å². The molecule has 0 amide bonds. The smallest absolute Gasteiger partial charge is 0.124 e. The lowest BCUT2D eigenvalue weighted by atomic mass is 9.78. The Kier molecular flexibility index (Phi) is 4.58. The summed E-state index contributed by atoms with van der Waals surface area (Å²) in [5, 5.41) is 0. The van der Waals surface area contributed by atoms with Crippen LogP contribution in [0, 0.1) is 5.92 Å². The molecular formula is C15H25NO. The molecule has 2 heteroatoms. The lowest BCUT2D eigenvalue weighted by Gasteiger charge is -2.34. The highest BCUT2D eigenvalue weighted by molar-refractivity contribution is 5.39. The first-order chi connectivity index (χ1) is 7.91. The molecule has 0 saturated carbocycles. The lowest BCUT2D eigenvalue weighted by molar-refractivity contribution is 0.223. The van der Waals surface area contributed by atoms with E-state index in [4.69, 9.17) is 10.5 Å². The van der Waals surface area contributed by atoms with Crippen LogP contribution in [0.1, 0.15) is 46.6 Å². The summed E-state index contributed by atoms with van der Waals surface area (Å²) < 4.78 is 5.86. The van der Waals surface area contributed by atoms with Crippen LogP contribution >= 0.6 is 0 Å². The summed E-state index contributed by atoms with van der Waals surface area (Å²) in [6, 6.07) is 8.12. The van der Waals surface area contributed by atoms with Crippen LogP contribution in [-0.4, -0.2) is 6.10 Å². The first-order valence-corrected chi connectivity index (χ1v) is 6.46. The van der Waals surface area contributed by atoms with Crippen molar-refractivity contribution in [1.29, 1.82) is 0 Å². The van der Waals surface area contributed by atoms with Gasteiger partial charge in [0.2, 0.25) is 0 Å². The fraction of sp³-hybridized carbons (Fsp3) is 0.600. The Morgan fingerprint density at radius 2 is 1.76 bits per heavy atom. The summed E-state index contributed by atoms with van der Waals surface area (Å²) >= 11 is 0. The van der Waals surface area contributed by atoms with Crippen LogP contribution in [0.15, 0.2) is 24.3 Å². The average Bonchev–Trinajstić information content (AvgIpc) is 2.27. The fourth-order valence-electron chi connectivity index (χ4n) is 2.12. The zero-order chi connectivity index (χ0) is 13.1. The highest BCUT2D eigenvalue weighted by Gasteiger charge is 2.32. The van der Waals surface area contributed by atoms with Gasteiger partial charge in [0.05, 0.1) is 6.10 Å². The third-order valence-electron chi connectivity index (χ3n) is 3.37. The van der Waals surface area contributed by atoms with E-state index in [1.807, 2.05) is 32.0 Å². The Morgan fingerprint density at radius 1 is 1.18 bits per heavy atom. The molecule has 0 aliphatic rings. The molecule has 0 aliphatic carbocycles. The van der Waals surface area contributed by atoms with Crippen LogP contribution in [0.3, 0.4) is 0 Å². The number of para-hydroxylation sites is 1. The van der Waals surface area contributed by atoms with Gasteiger partial charge in [-0.05, 0) is 32.3 Å². The summed E-state index contributed by atoms with van der Waals surface area (Å²) in [5.74, 6) is 1.30. The van der Waals surface area contributed by atoms with Crippen LogP contribution in [-0.2, 0) is 5.54 Å². The summed E-state index contributed by atoms with van der Waals surface area (Å²) in [5.41, 5.74) is 7.36. The molecule has 0 bridgehead atoms. The van der Waals surface area contributed by atoms with E-state index in [1.165, 1.54) is 0 Å². The van der Waals surface area contributed by atoms with E-state index in [-0.39, 0.29) is 11.6 Å². The largest absolute Gasteiger partial charge is 0.491 e. The summed E-state index contributed by atoms with van der Waals surface area (Å²) in [6.07, 6.45) is 1.08. The van der Waals surface area contributed by atoms with E-state index in [0.29, 0.717) is 5.92 Å². The van der Waals surface area contributed by atoms with Gasteiger partial charge in [-0.3, -0.25) is 0 Å². The molecule has 17 heavy (non-hydrogen) atoms. The highest BCUT2D eigenvalue weighted by Crippen LogP contribution is 2.36. The van der Waals surface area contributed by atoms with Crippen molar-refractivity contribution in [3.05, 3.63) is 29.8 Å². The second kappa shape index (κ2) is 5.54. The van der Waals surface area contributed by atoms with E-state index in [9.17, 15) is 0 Å². The molecule has 1 aromatic rings. The van der Waals surface area contributed by atoms with Crippen molar-refractivity contribution in [1.82, 2.24) is 0 Å². The van der Waals surface area contributed by atoms with Gasteiger partial charge in [0.15, 0.2) is 0 Å². The van der Waals surface area contributed by atoms with Gasteiger partial charge in [0.25, 0.3) is 0 Å². The molecule has 96 valence electrons. The topological polar surface area (TPSA) is 35.2 Å². The number of rotatable bonds is 5. The molecular weight excluding hydrogens is 210 g/mol. The maximum Gasteiger partial charge on any atom is 0.124 e. The van der Waals surface area contributed by atoms with Crippen molar-refractivity contribution in [3.8, 4) is 5.75 Å². The van der Waals surface area contributed by atoms with Gasteiger partial charge < -0.3 is 10.5 Å². The minimum Gasteiger partial charge on any atom is -0.491 e. The number of hydrogen-bond acceptors (Lipinski definition) is 2. The fourth-order valence-corrected chi connectivity index (χ4v) is 2.12. The Labute approximate surface area is 105 Å². The molecule has 1 aromatic carbocycles. The molecule has 2 N–H and O–H groups in total. The predicted molar refractivity (Wildman–Crippen MR) is 73.2 cm³/mol. The van der Waals surface area contributed by atoms with Gasteiger partial charge in [-0.2, -0.15) is 0 Å². The number of nitrogens with two attached hydrogens (primary N) is 1. The van der Waals surface area contributed by atoms with Gasteiger partial charge in [-0.15, -0.1) is 0 Å². The molecule has 0 aliphatic heterocycles. The molecule has 2 nitrogen and oxygen atoms in total. The predicted octanol–water partition coefficient (Wildman–Crippen LogP) is 3.69. The maximum absolute atomic E-state index is 6.56. The van der Waals surface area contributed by atoms with Crippen LogP contribution < -0.4 is 10.5 Å². The van der Waals surface area contributed by atoms with E-state index < -0.39 is 0 Å². The minimum absolute atomic E-state index is 0.171. The van der Waals surface area contributed by atoms with Crippen molar-refractivity contribution in [3.63, 3.8) is 0 Å². The van der Waals surface area contributed by atoms with Crippen LogP contribution in [0.25, 0.3) is 0 Å². The molecule has 1 unspecified atom stereocenters. The van der Waals surface area contributed by atoms with E-state index in [0.717, 1.165) is 17.7 Å². The molecule has 0 fully saturated rings. The monoisotopic (exact) mass is 235 g/mol. The summed E-state index contributed by atoms with van der Waals surface area (Å²) in [7, 11) is 0. The second-order valence-electron chi connectivity index (χ2n) is 5.21. The van der Waals surface area contributed by atoms with Gasteiger partial charge in [0.1, 0.15) is 5.75 Å². The Morgan fingerprint density at radius 3 is 2.24 bits per heavy atom. The van der Waals surface area contributed by atoms with E-state index >= 15 is 0 Å². The maximum atomic E-state index is 6.56. The Balaban J connectivity index is 3.19. The lowest BCUT2D eigenvalue weighted by Crippen LogP contribution is -2.41. The molecule has 0 heterocycles. The third kappa shape index (κ3) is 3.01. The quantitative estimate of drug-likeness (QED) is 0.844. The van der Waals surface area contributed by atoms with Gasteiger partial charge in [-0.1, -0.05) is 39.0 Å². The Bertz CT molecular complexity index is 360. The minimum atomic E-state index is -0.314. The van der Waals surface area contributed by atoms with Crippen molar-refractivity contribution in [2.24, 2.45) is 11.7 Å². The molecule has 0 radical (unpaired) electrons. The average molecular weight is 235 g/mol. The van der Waals surface area contributed by atoms with E-state index in [1.54, 1.807) is 0 Å². The van der Waals surface area contributed by atoms with Gasteiger partial charge in [0, 0.05) is 11.1 Å². The van der Waals surface area contributed by atoms with Crippen molar-refractivity contribution < 1.29 is 4.74 Å². The molecule has 1 atom stereocenters. The first kappa shape index (κ1) is 14.0. The number of hydrogen-bond donors (Lipinski definition) is 1. The number of ether oxygens (including phenoxy) is 1. The highest BCUT2D eigenvalue weighted by atomic mass is 16.5. The zero-order valence-electron chi connectivity index (χ0n) is 11.7. The normalized spacial score (nSPS) is 15.1. The van der Waals surface area contributed by atoms with Crippen LogP contribution in [0.2, 0.25) is 0 Å². The molecule has 0 saturated heterocycles. The molecule has 0 spiro atoms. The summed E-state index contributed by atoms with van der Waals surface area (Å²) in [6.45, 7) is 10.5. The van der Waals surface area contributed by atoms with Crippen molar-refractivity contribution >= 4 is 0 Å². The zero-order valence-corrected chi connectivity index (χ0v) is 11.7.